The van der Waals surface area contributed by atoms with E-state index < -0.39 is 0 Å². The van der Waals surface area contributed by atoms with E-state index in [2.05, 4.69) is 5.32 Å². The molecule has 2 atom stereocenters. The van der Waals surface area contributed by atoms with Crippen LogP contribution in [0.1, 0.15) is 20.8 Å². The Hall–Kier alpha value is -0.260. The standard InChI is InChI=1S/C12H22N2O2S/c1-9-6-14(8-12(2,3)16-9)11(15)10-7-17-5-4-13-10/h9-10,13H,4-8H2,1-3H3. The number of amides is 1. The zero-order valence-electron chi connectivity index (χ0n) is 10.9. The highest BCUT2D eigenvalue weighted by Gasteiger charge is 2.36. The predicted octanol–water partition coefficient (Wildman–Crippen LogP) is 0.717. The highest BCUT2D eigenvalue weighted by molar-refractivity contribution is 7.99. The summed E-state index contributed by atoms with van der Waals surface area (Å²) < 4.78 is 5.82. The van der Waals surface area contributed by atoms with Gasteiger partial charge < -0.3 is 15.0 Å². The highest BCUT2D eigenvalue weighted by Crippen LogP contribution is 2.22. The quantitative estimate of drug-likeness (QED) is 0.752. The fourth-order valence-corrected chi connectivity index (χ4v) is 3.49. The molecule has 0 radical (unpaired) electrons. The third-order valence-corrected chi connectivity index (χ3v) is 4.16. The first kappa shape index (κ1) is 13.2. The van der Waals surface area contributed by atoms with Crippen LogP contribution in [-0.4, -0.2) is 59.7 Å². The fourth-order valence-electron chi connectivity index (χ4n) is 2.57. The molecule has 1 amide bonds. The molecule has 0 bridgehead atoms. The van der Waals surface area contributed by atoms with Gasteiger partial charge in [0.1, 0.15) is 0 Å². The Bertz CT molecular complexity index is 290. The van der Waals surface area contributed by atoms with E-state index in [9.17, 15) is 4.79 Å². The molecular weight excluding hydrogens is 236 g/mol. The van der Waals surface area contributed by atoms with Gasteiger partial charge in [0.2, 0.25) is 5.91 Å². The second-order valence-corrected chi connectivity index (χ2v) is 6.64. The Labute approximate surface area is 107 Å². The summed E-state index contributed by atoms with van der Waals surface area (Å²) in [4.78, 5) is 14.3. The number of nitrogens with one attached hydrogen (secondary N) is 1. The van der Waals surface area contributed by atoms with Crippen LogP contribution in [0.5, 0.6) is 0 Å². The van der Waals surface area contributed by atoms with Gasteiger partial charge in [0.25, 0.3) is 0 Å². The zero-order chi connectivity index (χ0) is 12.5. The van der Waals surface area contributed by atoms with Gasteiger partial charge in [-0.3, -0.25) is 4.79 Å². The van der Waals surface area contributed by atoms with E-state index in [0.717, 1.165) is 18.1 Å². The van der Waals surface area contributed by atoms with Crippen LogP contribution in [0.2, 0.25) is 0 Å². The van der Waals surface area contributed by atoms with E-state index in [1.807, 2.05) is 37.4 Å². The van der Waals surface area contributed by atoms with Gasteiger partial charge in [0.05, 0.1) is 17.7 Å². The number of thioether (sulfide) groups is 1. The van der Waals surface area contributed by atoms with Crippen LogP contribution in [-0.2, 0) is 9.53 Å². The molecule has 0 aromatic heterocycles. The first-order valence-corrected chi connectivity index (χ1v) is 7.41. The minimum atomic E-state index is -0.227. The molecule has 2 saturated heterocycles. The van der Waals surface area contributed by atoms with Crippen molar-refractivity contribution in [3.63, 3.8) is 0 Å². The summed E-state index contributed by atoms with van der Waals surface area (Å²) in [6.45, 7) is 8.47. The number of hydrogen-bond acceptors (Lipinski definition) is 4. The van der Waals surface area contributed by atoms with Crippen LogP contribution in [0.3, 0.4) is 0 Å². The highest BCUT2D eigenvalue weighted by atomic mass is 32.2. The molecular formula is C12H22N2O2S. The molecule has 0 aromatic carbocycles. The maximum Gasteiger partial charge on any atom is 0.240 e. The largest absolute Gasteiger partial charge is 0.369 e. The minimum absolute atomic E-state index is 0.00477. The normalized spacial score (nSPS) is 33.5. The van der Waals surface area contributed by atoms with Gasteiger partial charge in [-0.2, -0.15) is 11.8 Å². The van der Waals surface area contributed by atoms with Crippen LogP contribution >= 0.6 is 11.8 Å². The number of hydrogen-bond donors (Lipinski definition) is 1. The smallest absolute Gasteiger partial charge is 0.240 e. The third kappa shape index (κ3) is 3.36. The summed E-state index contributed by atoms with van der Waals surface area (Å²) in [7, 11) is 0. The average molecular weight is 258 g/mol. The second-order valence-electron chi connectivity index (χ2n) is 5.49. The number of nitrogens with zero attached hydrogens (tertiary/aromatic N) is 1. The first-order valence-electron chi connectivity index (χ1n) is 6.26. The van der Waals surface area contributed by atoms with Gasteiger partial charge in [0, 0.05) is 31.1 Å². The first-order chi connectivity index (χ1) is 7.98. The van der Waals surface area contributed by atoms with Crippen LogP contribution < -0.4 is 5.32 Å². The van der Waals surface area contributed by atoms with Crippen molar-refractivity contribution in [3.8, 4) is 0 Å². The minimum Gasteiger partial charge on any atom is -0.369 e. The number of ether oxygens (including phenoxy) is 1. The van der Waals surface area contributed by atoms with E-state index in [1.165, 1.54) is 0 Å². The summed E-state index contributed by atoms with van der Waals surface area (Å²) in [6.07, 6.45) is 0.124. The SMILES string of the molecule is CC1CN(C(=O)C2CSCCN2)CC(C)(C)O1. The van der Waals surface area contributed by atoms with Gasteiger partial charge in [-0.05, 0) is 20.8 Å². The topological polar surface area (TPSA) is 41.6 Å². The van der Waals surface area contributed by atoms with Crippen molar-refractivity contribution in [2.75, 3.05) is 31.1 Å². The molecule has 4 nitrogen and oxygen atoms in total. The summed E-state index contributed by atoms with van der Waals surface area (Å²) in [6, 6.07) is -0.00477. The lowest BCUT2D eigenvalue weighted by Crippen LogP contribution is -2.59. The van der Waals surface area contributed by atoms with E-state index in [1.54, 1.807) is 0 Å². The summed E-state index contributed by atoms with van der Waals surface area (Å²) >= 11 is 1.85. The van der Waals surface area contributed by atoms with Gasteiger partial charge in [-0.25, -0.2) is 0 Å². The molecule has 2 unspecified atom stereocenters. The van der Waals surface area contributed by atoms with Gasteiger partial charge in [0.15, 0.2) is 0 Å². The van der Waals surface area contributed by atoms with Crippen LogP contribution in [0, 0.1) is 0 Å². The van der Waals surface area contributed by atoms with E-state index in [0.29, 0.717) is 13.1 Å². The Morgan fingerprint density at radius 3 is 2.88 bits per heavy atom. The van der Waals surface area contributed by atoms with Crippen molar-refractivity contribution in [1.82, 2.24) is 10.2 Å². The summed E-state index contributed by atoms with van der Waals surface area (Å²) in [5.41, 5.74) is -0.227. The van der Waals surface area contributed by atoms with Crippen LogP contribution in [0.25, 0.3) is 0 Å². The second kappa shape index (κ2) is 5.16. The predicted molar refractivity (Wildman–Crippen MR) is 70.3 cm³/mol. The molecule has 17 heavy (non-hydrogen) atoms. The molecule has 0 spiro atoms. The Kier molecular flexibility index (Phi) is 4.00. The van der Waals surface area contributed by atoms with Crippen LogP contribution in [0.4, 0.5) is 0 Å². The lowest BCUT2D eigenvalue weighted by molar-refractivity contribution is -0.159. The van der Waals surface area contributed by atoms with Crippen molar-refractivity contribution < 1.29 is 9.53 Å². The molecule has 2 heterocycles. The van der Waals surface area contributed by atoms with Crippen molar-refractivity contribution in [2.45, 2.75) is 38.5 Å². The van der Waals surface area contributed by atoms with E-state index in [-0.39, 0.29) is 23.7 Å². The monoisotopic (exact) mass is 258 g/mol. The maximum atomic E-state index is 12.4. The molecule has 2 rings (SSSR count). The summed E-state index contributed by atoms with van der Waals surface area (Å²) in [5, 5.41) is 3.31. The Morgan fingerprint density at radius 2 is 2.29 bits per heavy atom. The molecule has 2 aliphatic heterocycles. The molecule has 2 aliphatic rings. The van der Waals surface area contributed by atoms with E-state index in [4.69, 9.17) is 4.74 Å². The maximum absolute atomic E-state index is 12.4. The number of rotatable bonds is 1. The fraction of sp³-hybridized carbons (Fsp3) is 0.917. The lowest BCUT2D eigenvalue weighted by atomic mass is 10.0. The average Bonchev–Trinajstić information content (AvgIpc) is 2.26. The molecule has 2 fully saturated rings. The molecule has 5 heteroatoms. The molecule has 0 aromatic rings. The Morgan fingerprint density at radius 1 is 1.53 bits per heavy atom. The van der Waals surface area contributed by atoms with Gasteiger partial charge in [-0.1, -0.05) is 0 Å². The third-order valence-electron chi connectivity index (χ3n) is 3.10. The molecule has 98 valence electrons. The molecule has 1 N–H and O–H groups in total. The van der Waals surface area contributed by atoms with Crippen LogP contribution in [0.15, 0.2) is 0 Å². The van der Waals surface area contributed by atoms with Crippen molar-refractivity contribution >= 4 is 17.7 Å². The van der Waals surface area contributed by atoms with Gasteiger partial charge >= 0.3 is 0 Å². The van der Waals surface area contributed by atoms with Crippen molar-refractivity contribution in [1.29, 1.82) is 0 Å². The number of morpholine rings is 1. The van der Waals surface area contributed by atoms with Gasteiger partial charge in [-0.15, -0.1) is 0 Å². The van der Waals surface area contributed by atoms with Crippen molar-refractivity contribution in [2.24, 2.45) is 0 Å². The zero-order valence-corrected chi connectivity index (χ0v) is 11.7. The number of carbonyl (C=O) groups is 1. The number of carbonyl (C=O) groups excluding carboxylic acids is 1. The van der Waals surface area contributed by atoms with Crippen molar-refractivity contribution in [3.05, 3.63) is 0 Å². The Balaban J connectivity index is 1.98. The molecule has 0 aliphatic carbocycles. The van der Waals surface area contributed by atoms with E-state index >= 15 is 0 Å². The lowest BCUT2D eigenvalue weighted by Gasteiger charge is -2.43. The summed E-state index contributed by atoms with van der Waals surface area (Å²) in [5.74, 6) is 2.24. The molecule has 0 saturated carbocycles.